The van der Waals surface area contributed by atoms with Crippen LogP contribution >= 0.6 is 11.6 Å². The van der Waals surface area contributed by atoms with Gasteiger partial charge in [-0.15, -0.1) is 5.10 Å². The predicted molar refractivity (Wildman–Crippen MR) is 81.6 cm³/mol. The molecule has 4 rings (SSSR count). The molecular weight excluding hydrogens is 286 g/mol. The monoisotopic (exact) mass is 303 g/mol. The minimum atomic E-state index is 0.617. The highest BCUT2D eigenvalue weighted by atomic mass is 35.5. The summed E-state index contributed by atoms with van der Waals surface area (Å²) in [6, 6.07) is 5.46. The van der Waals surface area contributed by atoms with Gasteiger partial charge in [0.05, 0.1) is 0 Å². The summed E-state index contributed by atoms with van der Waals surface area (Å²) in [6.45, 7) is 0.894. The van der Waals surface area contributed by atoms with Gasteiger partial charge in [-0.1, -0.05) is 18.0 Å². The van der Waals surface area contributed by atoms with E-state index in [9.17, 15) is 0 Å². The van der Waals surface area contributed by atoms with E-state index in [4.69, 9.17) is 17.3 Å². The van der Waals surface area contributed by atoms with Crippen LogP contribution in [0.2, 0.25) is 5.02 Å². The highest BCUT2D eigenvalue weighted by Crippen LogP contribution is 2.49. The minimum absolute atomic E-state index is 0.617. The van der Waals surface area contributed by atoms with Crippen molar-refractivity contribution in [1.82, 2.24) is 20.2 Å². The Hall–Kier alpha value is -1.62. The summed E-state index contributed by atoms with van der Waals surface area (Å²) in [7, 11) is 0. The number of nitrogens with zero attached hydrogens (tertiary/aromatic N) is 4. The second-order valence-corrected chi connectivity index (χ2v) is 6.79. The van der Waals surface area contributed by atoms with Gasteiger partial charge in [0, 0.05) is 22.8 Å². The molecule has 3 atom stereocenters. The molecule has 6 heteroatoms. The number of hydrogen-bond donors (Lipinski definition) is 1. The fourth-order valence-corrected chi connectivity index (χ4v) is 4.26. The second-order valence-electron chi connectivity index (χ2n) is 6.35. The Morgan fingerprint density at radius 1 is 1.29 bits per heavy atom. The van der Waals surface area contributed by atoms with E-state index >= 15 is 0 Å². The van der Waals surface area contributed by atoms with E-state index < -0.39 is 0 Å². The third kappa shape index (κ3) is 2.29. The van der Waals surface area contributed by atoms with Gasteiger partial charge in [-0.2, -0.15) is 0 Å². The summed E-state index contributed by atoms with van der Waals surface area (Å²) in [5.41, 5.74) is 7.53. The highest BCUT2D eigenvalue weighted by Gasteiger charge is 2.39. The first-order chi connectivity index (χ1) is 10.2. The molecule has 110 valence electrons. The fraction of sp³-hybridized carbons (Fsp3) is 0.533. The van der Waals surface area contributed by atoms with E-state index in [1.54, 1.807) is 6.07 Å². The van der Waals surface area contributed by atoms with Crippen LogP contribution in [0, 0.1) is 17.8 Å². The van der Waals surface area contributed by atoms with E-state index in [1.165, 1.54) is 25.7 Å². The first kappa shape index (κ1) is 13.1. The van der Waals surface area contributed by atoms with E-state index in [-0.39, 0.29) is 0 Å². The molecule has 1 heterocycles. The van der Waals surface area contributed by atoms with Crippen LogP contribution in [0.25, 0.3) is 11.4 Å². The van der Waals surface area contributed by atoms with Crippen molar-refractivity contribution in [3.63, 3.8) is 0 Å². The van der Waals surface area contributed by atoms with Gasteiger partial charge >= 0.3 is 0 Å². The Labute approximate surface area is 128 Å². The highest BCUT2D eigenvalue weighted by molar-refractivity contribution is 6.31. The van der Waals surface area contributed by atoms with Crippen LogP contribution in [-0.4, -0.2) is 20.2 Å². The number of hydrogen-bond acceptors (Lipinski definition) is 4. The summed E-state index contributed by atoms with van der Waals surface area (Å²) >= 11 is 5.96. The minimum Gasteiger partial charge on any atom is -0.398 e. The van der Waals surface area contributed by atoms with Crippen LogP contribution in [0.4, 0.5) is 5.69 Å². The van der Waals surface area contributed by atoms with E-state index in [2.05, 4.69) is 15.5 Å². The topological polar surface area (TPSA) is 69.6 Å². The summed E-state index contributed by atoms with van der Waals surface area (Å²) in [6.07, 6.45) is 5.49. The van der Waals surface area contributed by atoms with Crippen molar-refractivity contribution >= 4 is 17.3 Å². The van der Waals surface area contributed by atoms with Crippen LogP contribution in [0.15, 0.2) is 18.2 Å². The number of fused-ring (bicyclic) bond motifs is 2. The summed E-state index contributed by atoms with van der Waals surface area (Å²) in [5.74, 6) is 3.24. The zero-order chi connectivity index (χ0) is 14.4. The second kappa shape index (κ2) is 4.98. The lowest BCUT2D eigenvalue weighted by Gasteiger charge is -2.21. The van der Waals surface area contributed by atoms with Gasteiger partial charge in [0.15, 0.2) is 5.82 Å². The van der Waals surface area contributed by atoms with Gasteiger partial charge < -0.3 is 5.73 Å². The number of aromatic nitrogens is 4. The molecule has 2 aromatic rings. The fourth-order valence-electron chi connectivity index (χ4n) is 4.08. The lowest BCUT2D eigenvalue weighted by Crippen LogP contribution is -2.19. The number of halogens is 1. The molecule has 21 heavy (non-hydrogen) atoms. The Bertz CT molecular complexity index is 668. The Balaban J connectivity index is 1.61. The van der Waals surface area contributed by atoms with Crippen LogP contribution in [0.1, 0.15) is 25.7 Å². The van der Waals surface area contributed by atoms with Gasteiger partial charge in [0.25, 0.3) is 0 Å². The smallest absolute Gasteiger partial charge is 0.184 e. The summed E-state index contributed by atoms with van der Waals surface area (Å²) in [4.78, 5) is 0. The number of tetrazole rings is 1. The van der Waals surface area contributed by atoms with E-state index in [1.807, 2.05) is 16.8 Å². The molecule has 0 amide bonds. The molecule has 2 N–H and O–H groups in total. The van der Waals surface area contributed by atoms with Crippen LogP contribution in [0.3, 0.4) is 0 Å². The number of benzene rings is 1. The van der Waals surface area contributed by atoms with Gasteiger partial charge in [0.2, 0.25) is 0 Å². The van der Waals surface area contributed by atoms with Crippen LogP contribution in [-0.2, 0) is 6.54 Å². The molecule has 1 aromatic heterocycles. The largest absolute Gasteiger partial charge is 0.398 e. The number of nitrogens with two attached hydrogens (primary N) is 1. The van der Waals surface area contributed by atoms with Crippen molar-refractivity contribution in [2.24, 2.45) is 17.8 Å². The predicted octanol–water partition coefficient (Wildman–Crippen LogP) is 3.01. The molecule has 2 aliphatic carbocycles. The maximum atomic E-state index is 6.06. The maximum Gasteiger partial charge on any atom is 0.184 e. The average Bonchev–Trinajstić information content (AvgIpc) is 3.15. The standard InChI is InChI=1S/C15H18ClN5/c16-12-3-4-13(14(17)7-12)15-18-19-20-21(15)8-11-6-9-1-2-10(11)5-9/h3-4,7,9-11H,1-2,5-6,8,17H2. The van der Waals surface area contributed by atoms with Gasteiger partial charge in [-0.25, -0.2) is 4.68 Å². The van der Waals surface area contributed by atoms with Crippen molar-refractivity contribution in [3.8, 4) is 11.4 Å². The number of nitrogen functional groups attached to an aromatic ring is 1. The zero-order valence-corrected chi connectivity index (χ0v) is 12.5. The first-order valence-corrected chi connectivity index (χ1v) is 7.90. The Morgan fingerprint density at radius 3 is 2.90 bits per heavy atom. The van der Waals surface area contributed by atoms with Crippen LogP contribution in [0.5, 0.6) is 0 Å². The molecule has 0 spiro atoms. The first-order valence-electron chi connectivity index (χ1n) is 7.52. The molecule has 3 unspecified atom stereocenters. The Kier molecular flexibility index (Phi) is 3.10. The normalized spacial score (nSPS) is 27.4. The molecule has 2 saturated carbocycles. The molecule has 0 radical (unpaired) electrons. The van der Waals surface area contributed by atoms with Crippen molar-refractivity contribution in [1.29, 1.82) is 0 Å². The average molecular weight is 304 g/mol. The van der Waals surface area contributed by atoms with Crippen LogP contribution < -0.4 is 5.73 Å². The third-order valence-corrected chi connectivity index (χ3v) is 5.31. The van der Waals surface area contributed by atoms with Crippen molar-refractivity contribution < 1.29 is 0 Å². The van der Waals surface area contributed by atoms with Gasteiger partial charge in [-0.05, 0) is 65.6 Å². The molecule has 2 bridgehead atoms. The number of anilines is 1. The summed E-state index contributed by atoms with van der Waals surface area (Å²) < 4.78 is 1.91. The maximum absolute atomic E-state index is 6.06. The number of rotatable bonds is 3. The van der Waals surface area contributed by atoms with E-state index in [0.717, 1.165) is 29.8 Å². The molecule has 1 aromatic carbocycles. The molecule has 0 aliphatic heterocycles. The van der Waals surface area contributed by atoms with E-state index in [0.29, 0.717) is 16.6 Å². The molecule has 0 saturated heterocycles. The van der Waals surface area contributed by atoms with Crippen molar-refractivity contribution in [2.75, 3.05) is 5.73 Å². The SMILES string of the molecule is Nc1cc(Cl)ccc1-c1nnnn1CC1CC2CCC1C2. The summed E-state index contributed by atoms with van der Waals surface area (Å²) in [5, 5.41) is 12.8. The third-order valence-electron chi connectivity index (χ3n) is 5.08. The Morgan fingerprint density at radius 2 is 2.19 bits per heavy atom. The molecule has 5 nitrogen and oxygen atoms in total. The van der Waals surface area contributed by atoms with Gasteiger partial charge in [0.1, 0.15) is 0 Å². The lowest BCUT2D eigenvalue weighted by atomic mass is 9.89. The molecular formula is C15H18ClN5. The zero-order valence-electron chi connectivity index (χ0n) is 11.7. The molecule has 2 aliphatic rings. The van der Waals surface area contributed by atoms with Gasteiger partial charge in [-0.3, -0.25) is 0 Å². The lowest BCUT2D eigenvalue weighted by molar-refractivity contribution is 0.284. The molecule has 2 fully saturated rings. The quantitative estimate of drug-likeness (QED) is 0.885. The van der Waals surface area contributed by atoms with Crippen molar-refractivity contribution in [3.05, 3.63) is 23.2 Å². The van der Waals surface area contributed by atoms with Crippen molar-refractivity contribution in [2.45, 2.75) is 32.2 Å².